The number of anilines is 3. The van der Waals surface area contributed by atoms with Crippen molar-refractivity contribution >= 4 is 29.9 Å². The summed E-state index contributed by atoms with van der Waals surface area (Å²) in [6.45, 7) is 6.60. The van der Waals surface area contributed by atoms with Crippen LogP contribution in [0.25, 0.3) is 0 Å². The molecular formula is C19H25F3N5OP. The minimum atomic E-state index is -4.63. The predicted octanol–water partition coefficient (Wildman–Crippen LogP) is 3.96. The van der Waals surface area contributed by atoms with Crippen LogP contribution in [0.2, 0.25) is 0 Å². The standard InChI is InChI=1S/C19H25F3N5OP/c1-12-6-7-16(29(2,3)28)15(9-12)26-17-14(19(20,21)22)11-24-18(27-17)25-13-5-4-8-23-10-13/h6-7,9,11,13,23H,4-5,8,10H2,1-3H3,(H2,24,25,26,27). The number of aryl methyl sites for hydroxylation is 1. The number of piperidine rings is 1. The molecule has 0 aliphatic carbocycles. The summed E-state index contributed by atoms with van der Waals surface area (Å²) >= 11 is 0. The molecule has 0 saturated carbocycles. The van der Waals surface area contributed by atoms with Crippen molar-refractivity contribution in [2.45, 2.75) is 32.0 Å². The first-order valence-electron chi connectivity index (χ1n) is 9.39. The second-order valence-electron chi connectivity index (χ2n) is 7.64. The van der Waals surface area contributed by atoms with Crippen molar-refractivity contribution < 1.29 is 17.7 Å². The largest absolute Gasteiger partial charge is 0.421 e. The summed E-state index contributed by atoms with van der Waals surface area (Å²) in [5.74, 6) is -0.237. The SMILES string of the molecule is Cc1ccc(P(C)(C)=O)c(Nc2nc(NC3CCCNC3)ncc2C(F)(F)F)c1. The molecule has 0 amide bonds. The van der Waals surface area contributed by atoms with Crippen LogP contribution in [-0.2, 0) is 10.7 Å². The van der Waals surface area contributed by atoms with Crippen LogP contribution in [0.4, 0.5) is 30.6 Å². The third kappa shape index (κ3) is 5.48. The van der Waals surface area contributed by atoms with Crippen molar-refractivity contribution in [3.05, 3.63) is 35.5 Å². The van der Waals surface area contributed by atoms with Crippen LogP contribution < -0.4 is 21.3 Å². The third-order valence-electron chi connectivity index (χ3n) is 4.71. The Labute approximate surface area is 168 Å². The van der Waals surface area contributed by atoms with Crippen LogP contribution in [0, 0.1) is 6.92 Å². The molecule has 6 nitrogen and oxygen atoms in total. The fourth-order valence-electron chi connectivity index (χ4n) is 3.26. The van der Waals surface area contributed by atoms with E-state index in [-0.39, 0.29) is 17.8 Å². The summed E-state index contributed by atoms with van der Waals surface area (Å²) in [7, 11) is -2.72. The molecule has 2 aromatic rings. The van der Waals surface area contributed by atoms with Gasteiger partial charge in [0.1, 0.15) is 18.5 Å². The average Bonchev–Trinajstić information content (AvgIpc) is 2.61. The van der Waals surface area contributed by atoms with Crippen LogP contribution in [0.1, 0.15) is 24.0 Å². The molecular weight excluding hydrogens is 402 g/mol. The smallest absolute Gasteiger partial charge is 0.350 e. The van der Waals surface area contributed by atoms with Gasteiger partial charge in [0.25, 0.3) is 0 Å². The minimum Gasteiger partial charge on any atom is -0.350 e. The first-order chi connectivity index (χ1) is 13.5. The average molecular weight is 427 g/mol. The van der Waals surface area contributed by atoms with Gasteiger partial charge in [0.05, 0.1) is 5.69 Å². The topological polar surface area (TPSA) is 78.9 Å². The van der Waals surface area contributed by atoms with Crippen LogP contribution in [0.5, 0.6) is 0 Å². The molecule has 2 heterocycles. The highest BCUT2D eigenvalue weighted by Gasteiger charge is 2.36. The number of alkyl halides is 3. The first kappa shape index (κ1) is 21.6. The van der Waals surface area contributed by atoms with E-state index < -0.39 is 18.9 Å². The van der Waals surface area contributed by atoms with Gasteiger partial charge in [0.2, 0.25) is 5.95 Å². The van der Waals surface area contributed by atoms with Crippen molar-refractivity contribution in [3.63, 3.8) is 0 Å². The molecule has 3 N–H and O–H groups in total. The van der Waals surface area contributed by atoms with Gasteiger partial charge in [-0.1, -0.05) is 6.07 Å². The number of halogens is 3. The van der Waals surface area contributed by atoms with Crippen LogP contribution >= 0.6 is 7.14 Å². The molecule has 10 heteroatoms. The molecule has 158 valence electrons. The van der Waals surface area contributed by atoms with Gasteiger partial charge in [-0.25, -0.2) is 4.98 Å². The molecule has 1 fully saturated rings. The van der Waals surface area contributed by atoms with Gasteiger partial charge in [0.15, 0.2) is 0 Å². The van der Waals surface area contributed by atoms with Gasteiger partial charge in [-0.2, -0.15) is 18.2 Å². The van der Waals surface area contributed by atoms with Crippen molar-refractivity contribution in [1.29, 1.82) is 0 Å². The zero-order chi connectivity index (χ0) is 21.2. The molecule has 0 radical (unpaired) electrons. The molecule has 0 spiro atoms. The molecule has 1 aromatic heterocycles. The Morgan fingerprint density at radius 2 is 2.03 bits per heavy atom. The molecule has 3 rings (SSSR count). The normalized spacial score (nSPS) is 17.8. The molecule has 29 heavy (non-hydrogen) atoms. The molecule has 1 saturated heterocycles. The summed E-state index contributed by atoms with van der Waals surface area (Å²) in [5.41, 5.74) is 0.214. The number of nitrogens with one attached hydrogen (secondary N) is 3. The number of hydrogen-bond acceptors (Lipinski definition) is 6. The fourth-order valence-corrected chi connectivity index (χ4v) is 4.39. The van der Waals surface area contributed by atoms with E-state index >= 15 is 0 Å². The van der Waals surface area contributed by atoms with Crippen molar-refractivity contribution in [3.8, 4) is 0 Å². The predicted molar refractivity (Wildman–Crippen MR) is 110 cm³/mol. The lowest BCUT2D eigenvalue weighted by Gasteiger charge is -2.24. The van der Waals surface area contributed by atoms with Crippen LogP contribution in [0.3, 0.4) is 0 Å². The van der Waals surface area contributed by atoms with Crippen LogP contribution in [0.15, 0.2) is 24.4 Å². The second kappa shape index (κ2) is 8.32. The highest BCUT2D eigenvalue weighted by molar-refractivity contribution is 7.70. The van der Waals surface area contributed by atoms with Gasteiger partial charge in [-0.15, -0.1) is 0 Å². The highest BCUT2D eigenvalue weighted by atomic mass is 31.2. The Morgan fingerprint density at radius 3 is 2.66 bits per heavy atom. The highest BCUT2D eigenvalue weighted by Crippen LogP contribution is 2.40. The summed E-state index contributed by atoms with van der Waals surface area (Å²) < 4.78 is 53.3. The van der Waals surface area contributed by atoms with Crippen LogP contribution in [-0.4, -0.2) is 42.4 Å². The lowest BCUT2D eigenvalue weighted by atomic mass is 10.1. The Morgan fingerprint density at radius 1 is 1.28 bits per heavy atom. The van der Waals surface area contributed by atoms with E-state index in [1.807, 2.05) is 6.92 Å². The Hall–Kier alpha value is -2.12. The van der Waals surface area contributed by atoms with Gasteiger partial charge in [-0.05, 0) is 57.3 Å². The van der Waals surface area contributed by atoms with Crippen molar-refractivity contribution in [2.24, 2.45) is 0 Å². The Kier molecular flexibility index (Phi) is 6.19. The number of hydrogen-bond donors (Lipinski definition) is 3. The second-order valence-corrected chi connectivity index (χ2v) is 10.8. The van der Waals surface area contributed by atoms with E-state index in [4.69, 9.17) is 0 Å². The summed E-state index contributed by atoms with van der Waals surface area (Å²) in [5, 5.41) is 9.57. The molecule has 0 bridgehead atoms. The summed E-state index contributed by atoms with van der Waals surface area (Å²) in [6.07, 6.45) is -1.99. The maximum Gasteiger partial charge on any atom is 0.421 e. The van der Waals surface area contributed by atoms with Crippen molar-refractivity contribution in [1.82, 2.24) is 15.3 Å². The Bertz CT molecular complexity index is 923. The number of benzene rings is 1. The first-order valence-corrected chi connectivity index (χ1v) is 12.0. The van der Waals surface area contributed by atoms with E-state index in [9.17, 15) is 17.7 Å². The lowest BCUT2D eigenvalue weighted by Crippen LogP contribution is -2.38. The van der Waals surface area contributed by atoms with Gasteiger partial charge in [0, 0.05) is 24.1 Å². The lowest BCUT2D eigenvalue weighted by molar-refractivity contribution is -0.137. The fraction of sp³-hybridized carbons (Fsp3) is 0.474. The van der Waals surface area contributed by atoms with Gasteiger partial charge >= 0.3 is 6.18 Å². The van der Waals surface area contributed by atoms with E-state index in [1.165, 1.54) is 0 Å². The van der Waals surface area contributed by atoms with E-state index in [0.29, 0.717) is 17.5 Å². The molecule has 1 unspecified atom stereocenters. The van der Waals surface area contributed by atoms with E-state index in [2.05, 4.69) is 25.9 Å². The zero-order valence-corrected chi connectivity index (χ0v) is 17.5. The van der Waals surface area contributed by atoms with Crippen molar-refractivity contribution in [2.75, 3.05) is 37.1 Å². The molecule has 1 atom stereocenters. The van der Waals surface area contributed by atoms with Gasteiger partial charge in [-0.3, -0.25) is 0 Å². The molecule has 1 aliphatic heterocycles. The zero-order valence-electron chi connectivity index (χ0n) is 16.6. The third-order valence-corrected chi connectivity index (χ3v) is 6.26. The maximum atomic E-state index is 13.5. The van der Waals surface area contributed by atoms with Gasteiger partial charge < -0.3 is 20.5 Å². The van der Waals surface area contributed by atoms with E-state index in [1.54, 1.807) is 31.5 Å². The molecule has 1 aliphatic rings. The minimum absolute atomic E-state index is 0.0503. The Balaban J connectivity index is 1.99. The maximum absolute atomic E-state index is 13.5. The summed E-state index contributed by atoms with van der Waals surface area (Å²) in [6, 6.07) is 5.19. The monoisotopic (exact) mass is 427 g/mol. The number of rotatable bonds is 5. The number of aromatic nitrogens is 2. The van der Waals surface area contributed by atoms with E-state index in [0.717, 1.165) is 31.1 Å². The molecule has 1 aromatic carbocycles. The summed E-state index contributed by atoms with van der Waals surface area (Å²) in [4.78, 5) is 7.98. The number of nitrogens with zero attached hydrogens (tertiary/aromatic N) is 2. The quantitative estimate of drug-likeness (QED) is 0.627.